The van der Waals surface area contributed by atoms with Gasteiger partial charge in [0, 0.05) is 11.1 Å². The summed E-state index contributed by atoms with van der Waals surface area (Å²) in [5, 5.41) is 26.4. The van der Waals surface area contributed by atoms with Gasteiger partial charge in [-0.2, -0.15) is 0 Å². The molecule has 0 spiro atoms. The molecule has 0 bridgehead atoms. The molecule has 0 aliphatic heterocycles. The summed E-state index contributed by atoms with van der Waals surface area (Å²) in [7, 11) is 0. The smallest absolute Gasteiger partial charge is 0.335 e. The van der Waals surface area contributed by atoms with Gasteiger partial charge in [0.05, 0.1) is 34.9 Å². The Morgan fingerprint density at radius 2 is 1.37 bits per heavy atom. The summed E-state index contributed by atoms with van der Waals surface area (Å²) in [5.74, 6) is -1.95. The van der Waals surface area contributed by atoms with Crippen LogP contribution in [0.15, 0.2) is 67.0 Å². The Morgan fingerprint density at radius 3 is 1.87 bits per heavy atom. The lowest BCUT2D eigenvalue weighted by molar-refractivity contribution is 0.0686. The molecule has 2 N–H and O–H groups in total. The standard InChI is InChI=1S/C22H16N4O4/c1-13-10-18(14-2-6-16(7-3-14)21(27)28)23-11-20(13)26-12-19(24-25-26)15-4-8-17(9-5-15)22(29)30/h2-12H,1H3,(H,27,28)(H,29,30). The van der Waals surface area contributed by atoms with Crippen LogP contribution in [-0.4, -0.2) is 42.1 Å². The van der Waals surface area contributed by atoms with E-state index in [-0.39, 0.29) is 11.1 Å². The quantitative estimate of drug-likeness (QED) is 0.524. The van der Waals surface area contributed by atoms with E-state index in [9.17, 15) is 9.59 Å². The highest BCUT2D eigenvalue weighted by Gasteiger charge is 2.11. The Bertz CT molecular complexity index is 1250. The number of carboxylic acids is 2. The SMILES string of the molecule is Cc1cc(-c2ccc(C(=O)O)cc2)ncc1-n1cc(-c2ccc(C(=O)O)cc2)nn1. The van der Waals surface area contributed by atoms with Crippen molar-refractivity contribution in [2.75, 3.05) is 0 Å². The Labute approximate surface area is 171 Å². The molecule has 0 radical (unpaired) electrons. The van der Waals surface area contributed by atoms with Gasteiger partial charge in [0.2, 0.25) is 0 Å². The summed E-state index contributed by atoms with van der Waals surface area (Å²) in [6, 6.07) is 14.8. The predicted molar refractivity (Wildman–Crippen MR) is 109 cm³/mol. The summed E-state index contributed by atoms with van der Waals surface area (Å²) < 4.78 is 1.61. The Morgan fingerprint density at radius 1 is 0.833 bits per heavy atom. The first-order valence-electron chi connectivity index (χ1n) is 8.99. The molecule has 0 atom stereocenters. The van der Waals surface area contributed by atoms with Crippen molar-refractivity contribution < 1.29 is 19.8 Å². The molecule has 8 heteroatoms. The number of aromatic nitrogens is 4. The first kappa shape index (κ1) is 19.0. The van der Waals surface area contributed by atoms with Crippen LogP contribution in [0.1, 0.15) is 26.3 Å². The van der Waals surface area contributed by atoms with Crippen molar-refractivity contribution >= 4 is 11.9 Å². The van der Waals surface area contributed by atoms with Crippen LogP contribution in [0.4, 0.5) is 0 Å². The van der Waals surface area contributed by atoms with E-state index in [1.54, 1.807) is 53.5 Å². The third-order valence-electron chi connectivity index (χ3n) is 4.68. The van der Waals surface area contributed by atoms with Gasteiger partial charge in [0.25, 0.3) is 0 Å². The molecule has 2 heterocycles. The number of carboxylic acid groups (broad SMARTS) is 2. The zero-order chi connectivity index (χ0) is 21.3. The fourth-order valence-electron chi connectivity index (χ4n) is 3.03. The van der Waals surface area contributed by atoms with Crippen LogP contribution >= 0.6 is 0 Å². The van der Waals surface area contributed by atoms with Gasteiger partial charge in [-0.25, -0.2) is 14.3 Å². The normalized spacial score (nSPS) is 10.7. The average molecular weight is 400 g/mol. The molecule has 0 amide bonds. The number of pyridine rings is 1. The molecule has 8 nitrogen and oxygen atoms in total. The van der Waals surface area contributed by atoms with Crippen LogP contribution in [-0.2, 0) is 0 Å². The van der Waals surface area contributed by atoms with E-state index in [2.05, 4.69) is 15.3 Å². The van der Waals surface area contributed by atoms with Crippen molar-refractivity contribution in [3.63, 3.8) is 0 Å². The molecule has 4 aromatic rings. The molecule has 0 aliphatic carbocycles. The lowest BCUT2D eigenvalue weighted by Gasteiger charge is -2.08. The van der Waals surface area contributed by atoms with Crippen molar-refractivity contribution in [1.82, 2.24) is 20.0 Å². The number of hydrogen-bond donors (Lipinski definition) is 2. The maximum absolute atomic E-state index is 11.0. The third kappa shape index (κ3) is 3.66. The van der Waals surface area contributed by atoms with Gasteiger partial charge < -0.3 is 10.2 Å². The lowest BCUT2D eigenvalue weighted by atomic mass is 10.1. The van der Waals surface area contributed by atoms with Crippen LogP contribution in [0.3, 0.4) is 0 Å². The van der Waals surface area contributed by atoms with E-state index in [0.717, 1.165) is 28.1 Å². The van der Waals surface area contributed by atoms with Crippen molar-refractivity contribution in [1.29, 1.82) is 0 Å². The Balaban J connectivity index is 1.61. The van der Waals surface area contributed by atoms with Gasteiger partial charge in [-0.1, -0.05) is 29.5 Å². The number of hydrogen-bond acceptors (Lipinski definition) is 5. The zero-order valence-electron chi connectivity index (χ0n) is 15.9. The van der Waals surface area contributed by atoms with Gasteiger partial charge in [0.15, 0.2) is 0 Å². The van der Waals surface area contributed by atoms with Gasteiger partial charge in [0.1, 0.15) is 5.69 Å². The highest BCUT2D eigenvalue weighted by molar-refractivity contribution is 5.88. The summed E-state index contributed by atoms with van der Waals surface area (Å²) in [6.07, 6.45) is 3.43. The fraction of sp³-hybridized carbons (Fsp3) is 0.0455. The first-order chi connectivity index (χ1) is 14.4. The highest BCUT2D eigenvalue weighted by atomic mass is 16.4. The summed E-state index contributed by atoms with van der Waals surface area (Å²) >= 11 is 0. The average Bonchev–Trinajstić information content (AvgIpc) is 3.23. The lowest BCUT2D eigenvalue weighted by Crippen LogP contribution is -2.00. The van der Waals surface area contributed by atoms with Crippen molar-refractivity contribution in [3.05, 3.63) is 83.7 Å². The van der Waals surface area contributed by atoms with E-state index < -0.39 is 11.9 Å². The molecular weight excluding hydrogens is 384 g/mol. The van der Waals surface area contributed by atoms with Crippen LogP contribution in [0.5, 0.6) is 0 Å². The van der Waals surface area contributed by atoms with Crippen molar-refractivity contribution in [2.45, 2.75) is 6.92 Å². The molecule has 0 saturated carbocycles. The van der Waals surface area contributed by atoms with E-state index >= 15 is 0 Å². The molecule has 30 heavy (non-hydrogen) atoms. The molecular formula is C22H16N4O4. The molecule has 2 aromatic carbocycles. The number of nitrogens with zero attached hydrogens (tertiary/aromatic N) is 4. The number of carbonyl (C=O) groups is 2. The van der Waals surface area contributed by atoms with Crippen LogP contribution in [0, 0.1) is 6.92 Å². The van der Waals surface area contributed by atoms with E-state index in [1.165, 1.54) is 12.1 Å². The number of rotatable bonds is 5. The van der Waals surface area contributed by atoms with E-state index in [1.807, 2.05) is 13.0 Å². The fourth-order valence-corrected chi connectivity index (χ4v) is 3.03. The number of aryl methyl sites for hydroxylation is 1. The van der Waals surface area contributed by atoms with Gasteiger partial charge >= 0.3 is 11.9 Å². The number of aromatic carboxylic acids is 2. The maximum atomic E-state index is 11.0. The molecule has 148 valence electrons. The van der Waals surface area contributed by atoms with Crippen LogP contribution in [0.25, 0.3) is 28.2 Å². The molecule has 0 aliphatic rings. The van der Waals surface area contributed by atoms with Crippen LogP contribution < -0.4 is 0 Å². The van der Waals surface area contributed by atoms with Gasteiger partial charge in [-0.05, 0) is 42.8 Å². The molecule has 0 saturated heterocycles. The second kappa shape index (κ2) is 7.59. The predicted octanol–water partition coefficient (Wildman–Crippen LogP) is 3.70. The second-order valence-corrected chi connectivity index (χ2v) is 6.67. The summed E-state index contributed by atoms with van der Waals surface area (Å²) in [4.78, 5) is 26.5. The molecule has 4 rings (SSSR count). The Kier molecular flexibility index (Phi) is 4.81. The number of benzene rings is 2. The summed E-state index contributed by atoms with van der Waals surface area (Å²) in [5.41, 5.74) is 5.00. The first-order valence-corrected chi connectivity index (χ1v) is 8.99. The third-order valence-corrected chi connectivity index (χ3v) is 4.68. The minimum atomic E-state index is -0.982. The highest BCUT2D eigenvalue weighted by Crippen LogP contribution is 2.23. The molecule has 0 fully saturated rings. The van der Waals surface area contributed by atoms with Crippen molar-refractivity contribution in [2.24, 2.45) is 0 Å². The monoisotopic (exact) mass is 400 g/mol. The second-order valence-electron chi connectivity index (χ2n) is 6.67. The zero-order valence-corrected chi connectivity index (χ0v) is 15.9. The van der Waals surface area contributed by atoms with E-state index in [4.69, 9.17) is 10.2 Å². The molecule has 2 aromatic heterocycles. The minimum Gasteiger partial charge on any atom is -0.478 e. The van der Waals surface area contributed by atoms with E-state index in [0.29, 0.717) is 5.69 Å². The topological polar surface area (TPSA) is 118 Å². The van der Waals surface area contributed by atoms with Crippen molar-refractivity contribution in [3.8, 4) is 28.2 Å². The summed E-state index contributed by atoms with van der Waals surface area (Å²) in [6.45, 7) is 1.93. The van der Waals surface area contributed by atoms with Gasteiger partial charge in [-0.15, -0.1) is 5.10 Å². The minimum absolute atomic E-state index is 0.207. The maximum Gasteiger partial charge on any atom is 0.335 e. The largest absolute Gasteiger partial charge is 0.478 e. The Hall–Kier alpha value is -4.33. The molecule has 0 unspecified atom stereocenters. The van der Waals surface area contributed by atoms with Gasteiger partial charge in [-0.3, -0.25) is 4.98 Å². The van der Waals surface area contributed by atoms with Crippen LogP contribution in [0.2, 0.25) is 0 Å².